The van der Waals surface area contributed by atoms with Crippen molar-refractivity contribution in [1.29, 1.82) is 0 Å². The maximum Gasteiger partial charge on any atom is 0.0206 e. The van der Waals surface area contributed by atoms with Crippen LogP contribution in [0.4, 0.5) is 0 Å². The number of hydrogen-bond donors (Lipinski definition) is 0. The number of hydrogen-bond acceptors (Lipinski definition) is 0. The molecule has 6 unspecified atom stereocenters. The van der Waals surface area contributed by atoms with Crippen LogP contribution in [0, 0.1) is 11.8 Å². The second-order valence-corrected chi connectivity index (χ2v) is 36.2. The molecule has 0 aromatic heterocycles. The molecule has 0 N–H and O–H groups in total. The number of allylic oxidation sites excluding steroid dienone is 20. The Balaban J connectivity index is 0.729. The maximum absolute atomic E-state index is 2.77. The van der Waals surface area contributed by atoms with E-state index in [-0.39, 0.29) is 23.7 Å². The standard InChI is InChI=1S/C122H78/c1-8-29-67(30-9-1)75-57-62-92-102-80(75)45-24-52-87(102)113-108(92)99(72-37-16-5-17-38-72)120-100(73-39-18-6-19-40-73)109-93-65-60-78(83-48-27-53-88(105(83)93)112(109)116-91-56-26-47-82-77(69-33-12-3-13-34-69)59-64-96(104(82)91)117(113)122(116)120)79-61-66-94-106-84(79)49-28-54-89(106)114-110(94)101(74-41-20-7-21-42-74)119-98(71-35-14-4-15-36-71)107-85-50-22-43-70-44-23-51-86(97(70)85)111(107)115-90-55-25-46-81-76(68-31-10-2-11-32-68)58-63-95(103(81)90)118(114)121(115)119/h1-14,16-24,26-35,37-39,41-54,56-57,59-66,73,76,90,93,103,105H,15,25,36,40,55,58H2. The van der Waals surface area contributed by atoms with Gasteiger partial charge in [0.1, 0.15) is 0 Å². The summed E-state index contributed by atoms with van der Waals surface area (Å²) in [5.41, 5.74) is 36.1. The van der Waals surface area contributed by atoms with E-state index >= 15 is 0 Å². The van der Waals surface area contributed by atoms with E-state index in [1.165, 1.54) is 257 Å². The zero-order valence-corrected chi connectivity index (χ0v) is 67.3. The van der Waals surface area contributed by atoms with Crippen molar-refractivity contribution in [3.8, 4) is 66.8 Å². The van der Waals surface area contributed by atoms with E-state index in [2.05, 4.69) is 364 Å². The third kappa shape index (κ3) is 8.52. The molecule has 122 heavy (non-hydrogen) atoms. The molecule has 0 saturated carbocycles. The number of fused-ring (bicyclic) bond motifs is 20. The molecule has 0 aliphatic heterocycles. The molecule has 20 aromatic carbocycles. The number of benzene rings is 18. The van der Waals surface area contributed by atoms with Crippen molar-refractivity contribution in [1.82, 2.24) is 0 Å². The van der Waals surface area contributed by atoms with E-state index < -0.39 is 0 Å². The van der Waals surface area contributed by atoms with Crippen LogP contribution in [0.15, 0.2) is 375 Å². The zero-order valence-electron chi connectivity index (χ0n) is 67.3. The van der Waals surface area contributed by atoms with Crippen molar-refractivity contribution < 1.29 is 0 Å². The molecular weight excluding hydrogens is 1470 g/mol. The van der Waals surface area contributed by atoms with Gasteiger partial charge in [0.2, 0.25) is 0 Å². The number of rotatable bonds is 8. The lowest BCUT2D eigenvalue weighted by Crippen LogP contribution is -2.30. The van der Waals surface area contributed by atoms with Crippen LogP contribution in [0.2, 0.25) is 0 Å². The van der Waals surface area contributed by atoms with Gasteiger partial charge in [0.15, 0.2) is 0 Å². The average Bonchev–Trinajstić information content (AvgIpc) is 1.44. The molecular formula is C122H78. The van der Waals surface area contributed by atoms with Gasteiger partial charge < -0.3 is 0 Å². The minimum Gasteiger partial charge on any atom is -0.0842 e. The second-order valence-electron chi connectivity index (χ2n) is 36.2. The van der Waals surface area contributed by atoms with E-state index in [1.807, 2.05) is 0 Å². The summed E-state index contributed by atoms with van der Waals surface area (Å²) in [7, 11) is 0. The molecule has 0 amide bonds. The van der Waals surface area contributed by atoms with Gasteiger partial charge >= 0.3 is 0 Å². The third-order valence-corrected chi connectivity index (χ3v) is 30.8. The first kappa shape index (κ1) is 66.6. The Hall–Kier alpha value is -14.3. The molecule has 0 nitrogen and oxygen atoms in total. The summed E-state index contributed by atoms with van der Waals surface area (Å²) in [6, 6.07) is 109. The Morgan fingerprint density at radius 1 is 0.279 bits per heavy atom. The first-order valence-corrected chi connectivity index (χ1v) is 44.5. The minimum atomic E-state index is 0.0436. The Bertz CT molecular complexity index is 8510. The van der Waals surface area contributed by atoms with Crippen molar-refractivity contribution in [2.24, 2.45) is 11.8 Å². The van der Waals surface area contributed by atoms with Gasteiger partial charge in [-0.05, 0) is 313 Å². The highest BCUT2D eigenvalue weighted by atomic mass is 14.5. The van der Waals surface area contributed by atoms with Gasteiger partial charge in [0.05, 0.1) is 0 Å². The fourth-order valence-corrected chi connectivity index (χ4v) is 26.6. The highest BCUT2D eigenvalue weighted by molar-refractivity contribution is 6.47. The van der Waals surface area contributed by atoms with Crippen molar-refractivity contribution >= 4 is 152 Å². The van der Waals surface area contributed by atoms with Gasteiger partial charge in [0.25, 0.3) is 0 Å². The Kier molecular flexibility index (Phi) is 13.5. The molecule has 566 valence electrons. The Morgan fingerprint density at radius 3 is 1.54 bits per heavy atom. The molecule has 9 aliphatic carbocycles. The van der Waals surface area contributed by atoms with Crippen LogP contribution in [-0.2, 0) is 0 Å². The minimum absolute atomic E-state index is 0.0436. The molecule has 0 fully saturated rings. The molecule has 20 aromatic rings. The van der Waals surface area contributed by atoms with Gasteiger partial charge in [-0.3, -0.25) is 0 Å². The van der Waals surface area contributed by atoms with E-state index in [4.69, 9.17) is 0 Å². The van der Waals surface area contributed by atoms with Gasteiger partial charge in [-0.25, -0.2) is 0 Å². The van der Waals surface area contributed by atoms with E-state index in [1.54, 1.807) is 16.7 Å². The monoisotopic (exact) mass is 1540 g/mol. The smallest absolute Gasteiger partial charge is 0.0206 e. The Morgan fingerprint density at radius 2 is 0.844 bits per heavy atom. The molecule has 6 atom stereocenters. The highest BCUT2D eigenvalue weighted by Crippen LogP contribution is 2.70. The third-order valence-electron chi connectivity index (χ3n) is 30.8. The van der Waals surface area contributed by atoms with Crippen molar-refractivity contribution in [3.63, 3.8) is 0 Å². The van der Waals surface area contributed by atoms with Gasteiger partial charge in [-0.15, -0.1) is 0 Å². The lowest BCUT2D eigenvalue weighted by Gasteiger charge is -2.46. The maximum atomic E-state index is 2.77. The summed E-state index contributed by atoms with van der Waals surface area (Å²) in [6.45, 7) is 0. The van der Waals surface area contributed by atoms with Gasteiger partial charge in [-0.1, -0.05) is 370 Å². The highest BCUT2D eigenvalue weighted by Gasteiger charge is 2.50. The largest absolute Gasteiger partial charge is 0.0842 e. The predicted molar refractivity (Wildman–Crippen MR) is 519 cm³/mol. The van der Waals surface area contributed by atoms with Crippen LogP contribution >= 0.6 is 0 Å². The lowest BCUT2D eigenvalue weighted by molar-refractivity contribution is 0.477. The van der Waals surface area contributed by atoms with Crippen LogP contribution in [-0.4, -0.2) is 0 Å². The van der Waals surface area contributed by atoms with Crippen LogP contribution in [0.3, 0.4) is 0 Å². The van der Waals surface area contributed by atoms with Crippen LogP contribution in [0.5, 0.6) is 0 Å². The molecule has 0 saturated heterocycles. The van der Waals surface area contributed by atoms with Crippen molar-refractivity contribution in [2.75, 3.05) is 0 Å². The molecule has 0 heterocycles. The quantitative estimate of drug-likeness (QED) is 0.0808. The van der Waals surface area contributed by atoms with Crippen molar-refractivity contribution in [2.45, 2.75) is 62.2 Å². The molecule has 0 bridgehead atoms. The lowest BCUT2D eigenvalue weighted by atomic mass is 9.57. The summed E-state index contributed by atoms with van der Waals surface area (Å²) in [4.78, 5) is 0. The van der Waals surface area contributed by atoms with Gasteiger partial charge in [-0.2, -0.15) is 0 Å². The first-order valence-electron chi connectivity index (χ1n) is 44.5. The molecule has 29 rings (SSSR count). The SMILES string of the molecule is C1=CCCC(c2c3c(-c4ccccc4)c4c5ccc(C6=C7C=CC=C8c9c(c(C%10C=CC=CC%10)c%10c(-c%11ccccc%11)c%11c(c%12c%13ccc(-c%14ccccc%14)c%14cccc(c9c%10%12)c%14%13)-c9cccc%10c(-c%12ccccc%12)ccc-%11c9%10)C(C=C6)C87)c6cccc(c4c4c3c(c3c7cccc8cccc(c23)c87)C2CCC=C3C(c7ccccc7)CC=C4C32)c65)=C1. The summed E-state index contributed by atoms with van der Waals surface area (Å²) < 4.78 is 0. The van der Waals surface area contributed by atoms with Gasteiger partial charge in [0, 0.05) is 29.6 Å². The zero-order chi connectivity index (χ0) is 79.0. The predicted octanol–water partition coefficient (Wildman–Crippen LogP) is 33.2. The van der Waals surface area contributed by atoms with E-state index in [0.29, 0.717) is 11.8 Å². The van der Waals surface area contributed by atoms with E-state index in [0.717, 1.165) is 38.5 Å². The summed E-state index contributed by atoms with van der Waals surface area (Å²) in [6.07, 6.45) is 41.3. The average molecular weight is 1540 g/mol. The molecule has 0 radical (unpaired) electrons. The fraction of sp³-hybridized carbons (Fsp3) is 0.0984. The Labute approximate surface area is 707 Å². The summed E-state index contributed by atoms with van der Waals surface area (Å²) >= 11 is 0. The molecule has 0 spiro atoms. The molecule has 9 aliphatic rings. The van der Waals surface area contributed by atoms with Crippen LogP contribution < -0.4 is 0 Å². The summed E-state index contributed by atoms with van der Waals surface area (Å²) in [5, 5.41) is 33.2. The normalized spacial score (nSPS) is 19.6. The second kappa shape index (κ2) is 24.7. The fourth-order valence-electron chi connectivity index (χ4n) is 26.6. The van der Waals surface area contributed by atoms with Crippen molar-refractivity contribution in [3.05, 3.63) is 420 Å². The first-order chi connectivity index (χ1) is 60.7. The topological polar surface area (TPSA) is 0 Å². The summed E-state index contributed by atoms with van der Waals surface area (Å²) in [5.74, 6) is 1.03. The molecule has 0 heteroatoms. The van der Waals surface area contributed by atoms with Crippen LogP contribution in [0.1, 0.15) is 107 Å². The van der Waals surface area contributed by atoms with E-state index in [9.17, 15) is 0 Å². The van der Waals surface area contributed by atoms with Crippen LogP contribution in [0.25, 0.3) is 218 Å².